The van der Waals surface area contributed by atoms with Gasteiger partial charge in [-0.05, 0) is 43.5 Å². The Hall–Kier alpha value is -3.34. The fourth-order valence-corrected chi connectivity index (χ4v) is 2.27. The van der Waals surface area contributed by atoms with Gasteiger partial charge in [0.15, 0.2) is 0 Å². The average Bonchev–Trinajstić information content (AvgIpc) is 2.66. The number of anilines is 3. The molecule has 1 atom stereocenters. The van der Waals surface area contributed by atoms with E-state index in [4.69, 9.17) is 10.00 Å². The lowest BCUT2D eigenvalue weighted by Crippen LogP contribution is -2.46. The first kappa shape index (κ1) is 21.0. The molecule has 148 valence electrons. The standard InChI is InChI=1S/C20H24N4O4/c1-6-28-19(27)24(14-9-7-13(11-21)8-10-14)23-16-15(17(25)18(16)26)22-12(2)20(3,4)5/h7-10,12,22-23H,6H2,1-5H3. The number of hydrogen-bond acceptors (Lipinski definition) is 7. The largest absolute Gasteiger partial charge is 0.448 e. The Kier molecular flexibility index (Phi) is 6.09. The van der Waals surface area contributed by atoms with Crippen molar-refractivity contribution in [2.45, 2.75) is 40.7 Å². The van der Waals surface area contributed by atoms with E-state index in [9.17, 15) is 14.4 Å². The van der Waals surface area contributed by atoms with E-state index in [0.29, 0.717) is 11.3 Å². The predicted octanol–water partition coefficient (Wildman–Crippen LogP) is 2.99. The molecule has 2 aromatic rings. The molecule has 28 heavy (non-hydrogen) atoms. The maximum atomic E-state index is 12.4. The molecule has 0 aliphatic carbocycles. The minimum atomic E-state index is -0.741. The molecular formula is C20H24N4O4. The molecule has 8 heteroatoms. The number of ether oxygens (including phenoxy) is 1. The average molecular weight is 384 g/mol. The highest BCUT2D eigenvalue weighted by Crippen LogP contribution is 2.26. The number of nitrogens with one attached hydrogen (secondary N) is 2. The van der Waals surface area contributed by atoms with Gasteiger partial charge in [-0.1, -0.05) is 20.8 Å². The molecule has 0 saturated heterocycles. The Bertz CT molecular complexity index is 960. The van der Waals surface area contributed by atoms with Crippen LogP contribution < -0.4 is 26.6 Å². The molecular weight excluding hydrogens is 360 g/mol. The van der Waals surface area contributed by atoms with Crippen LogP contribution >= 0.6 is 0 Å². The smallest absolute Gasteiger partial charge is 0.433 e. The highest BCUT2D eigenvalue weighted by Gasteiger charge is 2.29. The van der Waals surface area contributed by atoms with Crippen molar-refractivity contribution in [3.63, 3.8) is 0 Å². The minimum Gasteiger partial charge on any atom is -0.448 e. The number of carbonyl (C=O) groups is 1. The Morgan fingerprint density at radius 2 is 1.75 bits per heavy atom. The van der Waals surface area contributed by atoms with Crippen LogP contribution in [-0.4, -0.2) is 18.7 Å². The van der Waals surface area contributed by atoms with Crippen LogP contribution in [-0.2, 0) is 4.74 Å². The third kappa shape index (κ3) is 4.31. The van der Waals surface area contributed by atoms with Crippen LogP contribution in [0, 0.1) is 16.7 Å². The zero-order valence-corrected chi connectivity index (χ0v) is 16.6. The van der Waals surface area contributed by atoms with E-state index >= 15 is 0 Å². The van der Waals surface area contributed by atoms with Gasteiger partial charge in [0.05, 0.1) is 23.9 Å². The molecule has 2 N–H and O–H groups in total. The van der Waals surface area contributed by atoms with Crippen LogP contribution in [0.15, 0.2) is 33.9 Å². The lowest BCUT2D eigenvalue weighted by molar-refractivity contribution is 0.161. The zero-order valence-electron chi connectivity index (χ0n) is 16.6. The molecule has 2 rings (SSSR count). The fourth-order valence-electron chi connectivity index (χ4n) is 2.27. The number of hydrogen-bond donors (Lipinski definition) is 2. The normalized spacial score (nSPS) is 12.1. The second-order valence-electron chi connectivity index (χ2n) is 7.45. The molecule has 8 nitrogen and oxygen atoms in total. The van der Waals surface area contributed by atoms with Crippen molar-refractivity contribution in [1.82, 2.24) is 0 Å². The summed E-state index contributed by atoms with van der Waals surface area (Å²) in [4.78, 5) is 36.6. The number of benzene rings is 1. The summed E-state index contributed by atoms with van der Waals surface area (Å²) in [6.45, 7) is 9.71. The second-order valence-corrected chi connectivity index (χ2v) is 7.45. The van der Waals surface area contributed by atoms with Gasteiger partial charge in [0.2, 0.25) is 0 Å². The Morgan fingerprint density at radius 1 is 1.18 bits per heavy atom. The van der Waals surface area contributed by atoms with Gasteiger partial charge in [-0.2, -0.15) is 10.3 Å². The Labute approximate surface area is 163 Å². The van der Waals surface area contributed by atoms with Crippen molar-refractivity contribution in [3.8, 4) is 6.07 Å². The molecule has 1 unspecified atom stereocenters. The molecule has 0 aromatic heterocycles. The van der Waals surface area contributed by atoms with E-state index in [-0.39, 0.29) is 29.4 Å². The van der Waals surface area contributed by atoms with E-state index < -0.39 is 17.0 Å². The molecule has 0 bridgehead atoms. The highest BCUT2D eigenvalue weighted by atomic mass is 16.6. The first-order chi connectivity index (χ1) is 13.1. The molecule has 0 heterocycles. The molecule has 0 aliphatic rings. The predicted molar refractivity (Wildman–Crippen MR) is 108 cm³/mol. The molecule has 1 amide bonds. The maximum Gasteiger partial charge on any atom is 0.433 e. The Morgan fingerprint density at radius 3 is 2.25 bits per heavy atom. The van der Waals surface area contributed by atoms with E-state index in [1.54, 1.807) is 19.1 Å². The first-order valence-corrected chi connectivity index (χ1v) is 8.93. The minimum absolute atomic E-state index is 0.00138. The number of carbonyl (C=O) groups excluding carboxylic acids is 1. The van der Waals surface area contributed by atoms with E-state index in [1.807, 2.05) is 33.8 Å². The molecule has 0 aliphatic heterocycles. The monoisotopic (exact) mass is 384 g/mol. The lowest BCUT2D eigenvalue weighted by atomic mass is 9.87. The summed E-state index contributed by atoms with van der Waals surface area (Å²) in [6, 6.07) is 8.05. The van der Waals surface area contributed by atoms with Crippen LogP contribution in [0.3, 0.4) is 0 Å². The van der Waals surface area contributed by atoms with Crippen molar-refractivity contribution in [2.24, 2.45) is 5.41 Å². The number of rotatable bonds is 6. The van der Waals surface area contributed by atoms with E-state index in [1.165, 1.54) is 12.1 Å². The quantitative estimate of drug-likeness (QED) is 0.582. The molecule has 0 fully saturated rings. The Balaban J connectivity index is 2.36. The first-order valence-electron chi connectivity index (χ1n) is 8.93. The van der Waals surface area contributed by atoms with Gasteiger partial charge in [-0.3, -0.25) is 15.0 Å². The highest BCUT2D eigenvalue weighted by molar-refractivity contribution is 5.92. The SMILES string of the molecule is CCOC(=O)N(Nc1c(NC(C)C(C)(C)C)c(=O)c1=O)c1ccc(C#N)cc1. The van der Waals surface area contributed by atoms with Gasteiger partial charge in [0.25, 0.3) is 10.9 Å². The summed E-state index contributed by atoms with van der Waals surface area (Å²) in [7, 11) is 0. The summed E-state index contributed by atoms with van der Waals surface area (Å²) < 4.78 is 5.04. The summed E-state index contributed by atoms with van der Waals surface area (Å²) in [6.07, 6.45) is -0.741. The number of nitriles is 1. The summed E-state index contributed by atoms with van der Waals surface area (Å²) in [5, 5.41) is 13.0. The number of hydrazine groups is 1. The fraction of sp³-hybridized carbons (Fsp3) is 0.400. The van der Waals surface area contributed by atoms with Crippen LogP contribution in [0.2, 0.25) is 0 Å². The molecule has 0 spiro atoms. The summed E-state index contributed by atoms with van der Waals surface area (Å²) in [5.74, 6) is 0. The number of amides is 1. The van der Waals surface area contributed by atoms with Crippen molar-refractivity contribution in [3.05, 3.63) is 50.3 Å². The van der Waals surface area contributed by atoms with Gasteiger partial charge < -0.3 is 10.1 Å². The third-order valence-corrected chi connectivity index (χ3v) is 4.50. The number of nitrogens with zero attached hydrogens (tertiary/aromatic N) is 2. The van der Waals surface area contributed by atoms with Gasteiger partial charge >= 0.3 is 6.09 Å². The van der Waals surface area contributed by atoms with Crippen LogP contribution in [0.5, 0.6) is 0 Å². The van der Waals surface area contributed by atoms with Gasteiger partial charge in [0, 0.05) is 6.04 Å². The van der Waals surface area contributed by atoms with E-state index in [0.717, 1.165) is 5.01 Å². The van der Waals surface area contributed by atoms with Crippen molar-refractivity contribution in [2.75, 3.05) is 22.4 Å². The zero-order chi connectivity index (χ0) is 21.1. The third-order valence-electron chi connectivity index (χ3n) is 4.50. The van der Waals surface area contributed by atoms with Gasteiger partial charge in [0.1, 0.15) is 11.4 Å². The molecule has 0 saturated carbocycles. The van der Waals surface area contributed by atoms with Gasteiger partial charge in [-0.25, -0.2) is 4.79 Å². The molecule has 0 radical (unpaired) electrons. The lowest BCUT2D eigenvalue weighted by Gasteiger charge is -2.31. The summed E-state index contributed by atoms with van der Waals surface area (Å²) in [5.41, 5.74) is 2.11. The van der Waals surface area contributed by atoms with Crippen molar-refractivity contribution < 1.29 is 9.53 Å². The van der Waals surface area contributed by atoms with Crippen LogP contribution in [0.25, 0.3) is 0 Å². The van der Waals surface area contributed by atoms with Gasteiger partial charge in [-0.15, -0.1) is 0 Å². The second kappa shape index (κ2) is 8.13. The topological polar surface area (TPSA) is 112 Å². The summed E-state index contributed by atoms with van der Waals surface area (Å²) >= 11 is 0. The maximum absolute atomic E-state index is 12.4. The van der Waals surface area contributed by atoms with E-state index in [2.05, 4.69) is 10.7 Å². The van der Waals surface area contributed by atoms with Crippen molar-refractivity contribution in [1.29, 1.82) is 5.26 Å². The molecule has 2 aromatic carbocycles. The van der Waals surface area contributed by atoms with Crippen LogP contribution in [0.4, 0.5) is 21.9 Å². The van der Waals surface area contributed by atoms with Crippen molar-refractivity contribution >= 4 is 23.2 Å². The van der Waals surface area contributed by atoms with Crippen LogP contribution in [0.1, 0.15) is 40.2 Å².